The fourth-order valence-electron chi connectivity index (χ4n) is 8.75. The van der Waals surface area contributed by atoms with E-state index >= 15 is 0 Å². The van der Waals surface area contributed by atoms with Crippen LogP contribution in [0, 0.1) is 0 Å². The van der Waals surface area contributed by atoms with Gasteiger partial charge in [0.15, 0.2) is 17.5 Å². The summed E-state index contributed by atoms with van der Waals surface area (Å²) < 4.78 is 9.25. The van der Waals surface area contributed by atoms with E-state index in [2.05, 4.69) is 156 Å². The summed E-state index contributed by atoms with van der Waals surface area (Å²) in [5.74, 6) is 1.82. The lowest BCUT2D eigenvalue weighted by molar-refractivity contribution is 0.668. The molecule has 0 saturated heterocycles. The zero-order valence-electron chi connectivity index (χ0n) is 31.2. The molecule has 0 N–H and O–H groups in total. The Kier molecular flexibility index (Phi) is 7.16. The molecule has 0 amide bonds. The van der Waals surface area contributed by atoms with Crippen molar-refractivity contribution in [2.24, 2.45) is 0 Å². The molecule has 0 aliphatic rings. The van der Waals surface area contributed by atoms with Gasteiger partial charge in [-0.3, -0.25) is 0 Å². The zero-order chi connectivity index (χ0) is 38.2. The number of rotatable bonds is 5. The number of aromatic nitrogens is 4. The largest absolute Gasteiger partial charge is 0.456 e. The Morgan fingerprint density at radius 3 is 1.76 bits per heavy atom. The number of hydrogen-bond donors (Lipinski definition) is 0. The van der Waals surface area contributed by atoms with Gasteiger partial charge in [-0.25, -0.2) is 15.0 Å². The normalized spacial score (nSPS) is 11.8. The van der Waals surface area contributed by atoms with Crippen molar-refractivity contribution in [1.82, 2.24) is 19.5 Å². The molecule has 12 aromatic rings. The highest BCUT2D eigenvalue weighted by atomic mass is 16.3. The second-order valence-electron chi connectivity index (χ2n) is 14.8. The molecule has 0 spiro atoms. The quantitative estimate of drug-likeness (QED) is 0.176. The van der Waals surface area contributed by atoms with Crippen LogP contribution in [0.3, 0.4) is 0 Å². The van der Waals surface area contributed by atoms with Crippen molar-refractivity contribution >= 4 is 65.3 Å². The lowest BCUT2D eigenvalue weighted by Gasteiger charge is -2.15. The topological polar surface area (TPSA) is 56.7 Å². The van der Waals surface area contributed by atoms with Crippen LogP contribution < -0.4 is 0 Å². The van der Waals surface area contributed by atoms with E-state index in [-0.39, 0.29) is 0 Å². The molecule has 0 fully saturated rings. The van der Waals surface area contributed by atoms with Crippen molar-refractivity contribution in [1.29, 1.82) is 0 Å². The summed E-state index contributed by atoms with van der Waals surface area (Å²) >= 11 is 0. The number of fused-ring (bicyclic) bond motifs is 8. The zero-order valence-corrected chi connectivity index (χ0v) is 31.2. The molecule has 3 aromatic heterocycles. The predicted molar refractivity (Wildman–Crippen MR) is 238 cm³/mol. The van der Waals surface area contributed by atoms with Gasteiger partial charge in [-0.2, -0.15) is 0 Å². The van der Waals surface area contributed by atoms with E-state index in [1.165, 1.54) is 21.5 Å². The maximum Gasteiger partial charge on any atom is 0.164 e. The number of para-hydroxylation sites is 1. The highest BCUT2D eigenvalue weighted by molar-refractivity contribution is 6.16. The lowest BCUT2D eigenvalue weighted by Crippen LogP contribution is -2.01. The molecule has 12 rings (SSSR count). The summed E-state index contributed by atoms with van der Waals surface area (Å²) in [4.78, 5) is 15.5. The minimum Gasteiger partial charge on any atom is -0.456 e. The van der Waals surface area contributed by atoms with Crippen LogP contribution in [0.1, 0.15) is 0 Å². The maximum absolute atomic E-state index is 6.84. The fourth-order valence-corrected chi connectivity index (χ4v) is 8.75. The Labute approximate surface area is 333 Å². The molecule has 0 unspecified atom stereocenters. The van der Waals surface area contributed by atoms with Crippen molar-refractivity contribution in [2.45, 2.75) is 0 Å². The Hall–Kier alpha value is -7.89. The number of nitrogens with zero attached hydrogens (tertiary/aromatic N) is 4. The van der Waals surface area contributed by atoms with Crippen molar-refractivity contribution in [2.75, 3.05) is 0 Å². The number of furan rings is 1. The maximum atomic E-state index is 6.84. The van der Waals surface area contributed by atoms with Gasteiger partial charge in [0, 0.05) is 49.9 Å². The molecule has 5 nitrogen and oxygen atoms in total. The van der Waals surface area contributed by atoms with Gasteiger partial charge < -0.3 is 8.98 Å². The van der Waals surface area contributed by atoms with E-state index in [0.717, 1.165) is 77.2 Å². The SMILES string of the molecule is c1ccc(-c2nc(-c3cccc4ccccc34)nc(-c3cccc4oc5cc(-n6c7ccccc7c7cc8ccccc8cc76)c(-c6ccccc6)cc5c34)n2)cc1. The molecule has 0 radical (unpaired) electrons. The first kappa shape index (κ1) is 32.4. The van der Waals surface area contributed by atoms with Gasteiger partial charge in [0.25, 0.3) is 0 Å². The fraction of sp³-hybridized carbons (Fsp3) is 0. The summed E-state index contributed by atoms with van der Waals surface area (Å²) in [6.07, 6.45) is 0. The van der Waals surface area contributed by atoms with Crippen LogP contribution in [0.5, 0.6) is 0 Å². The summed E-state index contributed by atoms with van der Waals surface area (Å²) in [6.45, 7) is 0. The van der Waals surface area contributed by atoms with E-state index in [1.807, 2.05) is 42.5 Å². The van der Waals surface area contributed by atoms with E-state index in [9.17, 15) is 0 Å². The van der Waals surface area contributed by atoms with Crippen LogP contribution in [0.25, 0.3) is 116 Å². The van der Waals surface area contributed by atoms with Crippen molar-refractivity contribution < 1.29 is 4.42 Å². The van der Waals surface area contributed by atoms with Gasteiger partial charge in [-0.15, -0.1) is 0 Å². The number of benzene rings is 9. The molecular formula is C53H32N4O. The van der Waals surface area contributed by atoms with Crippen LogP contribution in [0.15, 0.2) is 199 Å². The Balaban J connectivity index is 1.15. The van der Waals surface area contributed by atoms with Gasteiger partial charge in [0.2, 0.25) is 0 Å². The van der Waals surface area contributed by atoms with Gasteiger partial charge in [0.05, 0.1) is 16.7 Å². The molecule has 0 bridgehead atoms. The van der Waals surface area contributed by atoms with Crippen molar-refractivity contribution in [3.05, 3.63) is 194 Å². The van der Waals surface area contributed by atoms with Gasteiger partial charge in [-0.1, -0.05) is 158 Å². The molecule has 58 heavy (non-hydrogen) atoms. The third kappa shape index (κ3) is 5.07. The summed E-state index contributed by atoms with van der Waals surface area (Å²) in [5, 5.41) is 9.02. The smallest absolute Gasteiger partial charge is 0.164 e. The monoisotopic (exact) mass is 740 g/mol. The lowest BCUT2D eigenvalue weighted by atomic mass is 9.98. The molecule has 0 atom stereocenters. The Bertz CT molecular complexity index is 3560. The van der Waals surface area contributed by atoms with E-state index in [4.69, 9.17) is 19.4 Å². The van der Waals surface area contributed by atoms with Gasteiger partial charge >= 0.3 is 0 Å². The molecule has 3 heterocycles. The summed E-state index contributed by atoms with van der Waals surface area (Å²) in [7, 11) is 0. The first-order chi connectivity index (χ1) is 28.7. The minimum absolute atomic E-state index is 0.588. The van der Waals surface area contributed by atoms with Crippen molar-refractivity contribution in [3.63, 3.8) is 0 Å². The first-order valence-corrected chi connectivity index (χ1v) is 19.5. The molecule has 270 valence electrons. The average molecular weight is 741 g/mol. The summed E-state index contributed by atoms with van der Waals surface area (Å²) in [6, 6.07) is 68.0. The Morgan fingerprint density at radius 1 is 0.345 bits per heavy atom. The third-order valence-corrected chi connectivity index (χ3v) is 11.4. The van der Waals surface area contributed by atoms with Crippen molar-refractivity contribution in [3.8, 4) is 51.0 Å². The number of hydrogen-bond acceptors (Lipinski definition) is 4. The van der Waals surface area contributed by atoms with Gasteiger partial charge in [0.1, 0.15) is 11.2 Å². The molecule has 0 aliphatic carbocycles. The van der Waals surface area contributed by atoms with Crippen LogP contribution in [0.2, 0.25) is 0 Å². The average Bonchev–Trinajstić information content (AvgIpc) is 3.82. The third-order valence-electron chi connectivity index (χ3n) is 11.4. The Morgan fingerprint density at radius 2 is 0.948 bits per heavy atom. The highest BCUT2D eigenvalue weighted by Crippen LogP contribution is 2.43. The molecule has 0 saturated carbocycles. The predicted octanol–water partition coefficient (Wildman–Crippen LogP) is 13.8. The second-order valence-corrected chi connectivity index (χ2v) is 14.8. The standard InChI is InChI=1S/C53H32N4O/c1-3-15-34(16-4-1)42-31-44-49(32-47(42)57-45-27-12-11-24-39(45)43-29-36-20-7-8-21-37(36)30-46(43)57)58-48-28-14-26-41(50(44)48)53-55-51(35-18-5-2-6-19-35)54-52(56-53)40-25-13-22-33-17-9-10-23-38(33)40/h1-32H. The van der Waals surface area contributed by atoms with Crippen LogP contribution in [0.4, 0.5) is 0 Å². The van der Waals surface area contributed by atoms with Gasteiger partial charge in [-0.05, 0) is 57.4 Å². The van der Waals surface area contributed by atoms with Crippen LogP contribution in [-0.2, 0) is 0 Å². The first-order valence-electron chi connectivity index (χ1n) is 19.5. The summed E-state index contributed by atoms with van der Waals surface area (Å²) in [5.41, 5.74) is 9.86. The van der Waals surface area contributed by atoms with E-state index < -0.39 is 0 Å². The molecular weight excluding hydrogens is 709 g/mol. The molecule has 9 aromatic carbocycles. The molecule has 0 aliphatic heterocycles. The second kappa shape index (κ2) is 12.8. The van der Waals surface area contributed by atoms with Crippen LogP contribution in [-0.4, -0.2) is 19.5 Å². The van der Waals surface area contributed by atoms with E-state index in [1.54, 1.807) is 0 Å². The highest BCUT2D eigenvalue weighted by Gasteiger charge is 2.23. The van der Waals surface area contributed by atoms with E-state index in [0.29, 0.717) is 17.5 Å². The minimum atomic E-state index is 0.588. The van der Waals surface area contributed by atoms with Crippen LogP contribution >= 0.6 is 0 Å². The molecule has 5 heteroatoms.